The van der Waals surface area contributed by atoms with Crippen molar-refractivity contribution in [3.8, 4) is 0 Å². The molecule has 75 heavy (non-hydrogen) atoms. The van der Waals surface area contributed by atoms with E-state index in [1.165, 1.54) is 6.92 Å². The fourth-order valence-electron chi connectivity index (χ4n) is 15.6. The Hall–Kier alpha value is -1.22. The van der Waals surface area contributed by atoms with Crippen LogP contribution in [0.4, 0.5) is 0 Å². The number of hydrogen-bond acceptors (Lipinski definition) is 24. The molecule has 3 saturated carbocycles. The highest BCUT2D eigenvalue weighted by molar-refractivity contribution is 5.29. The van der Waals surface area contributed by atoms with Crippen LogP contribution in [0.25, 0.3) is 0 Å². The summed E-state index contributed by atoms with van der Waals surface area (Å²) in [5, 5.41) is 149. The fourth-order valence-corrected chi connectivity index (χ4v) is 15.6. The Morgan fingerprint density at radius 2 is 1.15 bits per heavy atom. The molecule has 10 rings (SSSR count). The van der Waals surface area contributed by atoms with Crippen molar-refractivity contribution in [1.29, 1.82) is 0 Å². The van der Waals surface area contributed by atoms with E-state index in [9.17, 15) is 71.5 Å². The van der Waals surface area contributed by atoms with Crippen molar-refractivity contribution < 1.29 is 119 Å². The van der Waals surface area contributed by atoms with E-state index < -0.39 is 166 Å². The first-order chi connectivity index (χ1) is 35.4. The number of aliphatic hydroxyl groups is 14. The second kappa shape index (κ2) is 21.3. The zero-order valence-corrected chi connectivity index (χ0v) is 43.1. The Morgan fingerprint density at radius 3 is 1.80 bits per heavy atom. The van der Waals surface area contributed by atoms with Gasteiger partial charge in [0.15, 0.2) is 30.9 Å². The molecule has 6 saturated heterocycles. The van der Waals surface area contributed by atoms with Gasteiger partial charge in [0.2, 0.25) is 0 Å². The highest BCUT2D eigenvalue weighted by Crippen LogP contribution is 2.71. The van der Waals surface area contributed by atoms with E-state index in [0.717, 1.165) is 24.8 Å². The molecule has 32 atom stereocenters. The molecular formula is C51H82O24. The first-order valence-corrected chi connectivity index (χ1v) is 27.0. The Morgan fingerprint density at radius 1 is 0.573 bits per heavy atom. The monoisotopic (exact) mass is 1080 g/mol. The molecule has 0 unspecified atom stereocenters. The maximum Gasteiger partial charge on any atom is 0.187 e. The smallest absolute Gasteiger partial charge is 0.187 e. The molecule has 0 aromatic heterocycles. The van der Waals surface area contributed by atoms with Gasteiger partial charge in [-0.3, -0.25) is 0 Å². The van der Waals surface area contributed by atoms with Crippen molar-refractivity contribution in [3.05, 3.63) is 11.6 Å². The van der Waals surface area contributed by atoms with E-state index >= 15 is 0 Å². The Balaban J connectivity index is 0.839. The van der Waals surface area contributed by atoms with Gasteiger partial charge in [0.1, 0.15) is 91.6 Å². The average Bonchev–Trinajstić information content (AvgIpc) is 4.05. The normalized spacial score (nSPS) is 57.8. The number of hydrogen-bond donors (Lipinski definition) is 14. The van der Waals surface area contributed by atoms with Crippen molar-refractivity contribution in [2.24, 2.45) is 40.4 Å². The Kier molecular flexibility index (Phi) is 16.2. The molecule has 14 N–H and O–H groups in total. The van der Waals surface area contributed by atoms with Crippen LogP contribution in [0.3, 0.4) is 0 Å². The van der Waals surface area contributed by atoms with Crippen LogP contribution in [0.1, 0.15) is 86.0 Å². The Bertz CT molecular complexity index is 2020. The minimum Gasteiger partial charge on any atom is -0.394 e. The topological polar surface area (TPSA) is 376 Å². The van der Waals surface area contributed by atoms with Gasteiger partial charge in [-0.25, -0.2) is 0 Å². The lowest BCUT2D eigenvalue weighted by atomic mass is 9.46. The van der Waals surface area contributed by atoms with Crippen LogP contribution in [0, 0.1) is 40.4 Å². The van der Waals surface area contributed by atoms with E-state index in [1.54, 1.807) is 0 Å². The highest BCUT2D eigenvalue weighted by atomic mass is 16.8. The number of rotatable bonds is 12. The molecule has 6 heterocycles. The molecule has 1 spiro atoms. The summed E-state index contributed by atoms with van der Waals surface area (Å²) in [6.07, 6.45) is -25.6. The third-order valence-electron chi connectivity index (χ3n) is 19.9. The fraction of sp³-hybridized carbons (Fsp3) is 0.961. The molecule has 6 aliphatic heterocycles. The lowest BCUT2D eigenvalue weighted by molar-refractivity contribution is -0.394. The quantitative estimate of drug-likeness (QED) is 0.0832. The molecule has 0 bridgehead atoms. The average molecular weight is 1080 g/mol. The third kappa shape index (κ3) is 9.61. The summed E-state index contributed by atoms with van der Waals surface area (Å²) < 4.78 is 62.1. The van der Waals surface area contributed by atoms with Gasteiger partial charge in [0.25, 0.3) is 0 Å². The van der Waals surface area contributed by atoms with Crippen LogP contribution in [0.5, 0.6) is 0 Å². The summed E-state index contributed by atoms with van der Waals surface area (Å²) in [6.45, 7) is 8.04. The van der Waals surface area contributed by atoms with Gasteiger partial charge in [-0.15, -0.1) is 0 Å². The van der Waals surface area contributed by atoms with Crippen LogP contribution in [0.2, 0.25) is 0 Å². The molecule has 0 amide bonds. The largest absolute Gasteiger partial charge is 0.394 e. The summed E-state index contributed by atoms with van der Waals surface area (Å²) in [4.78, 5) is 0. The van der Waals surface area contributed by atoms with Gasteiger partial charge in [0.05, 0.1) is 56.4 Å². The summed E-state index contributed by atoms with van der Waals surface area (Å²) in [5.41, 5.74) is -0.351. The molecule has 0 aromatic carbocycles. The van der Waals surface area contributed by atoms with Crippen LogP contribution in [0.15, 0.2) is 11.6 Å². The Labute approximate surface area is 434 Å². The molecule has 0 radical (unpaired) electrons. The van der Waals surface area contributed by atoms with Crippen molar-refractivity contribution in [3.63, 3.8) is 0 Å². The maximum atomic E-state index is 12.3. The molecular weight excluding hydrogens is 997 g/mol. The second-order valence-corrected chi connectivity index (χ2v) is 24.3. The lowest BCUT2D eigenvalue weighted by Gasteiger charge is -2.59. The van der Waals surface area contributed by atoms with Crippen molar-refractivity contribution in [2.45, 2.75) is 239 Å². The number of fused-ring (bicyclic) bond motifs is 7. The zero-order chi connectivity index (χ0) is 54.0. The summed E-state index contributed by atoms with van der Waals surface area (Å²) >= 11 is 0. The number of aliphatic hydroxyl groups excluding tert-OH is 14. The first-order valence-electron chi connectivity index (χ1n) is 27.0. The van der Waals surface area contributed by atoms with Crippen molar-refractivity contribution >= 4 is 0 Å². The van der Waals surface area contributed by atoms with Gasteiger partial charge in [0, 0.05) is 12.3 Å². The minimum absolute atomic E-state index is 0.00233. The van der Waals surface area contributed by atoms with E-state index in [-0.39, 0.29) is 53.1 Å². The van der Waals surface area contributed by atoms with Gasteiger partial charge in [-0.05, 0) is 93.3 Å². The number of ether oxygens (including phenoxy) is 10. The highest BCUT2D eigenvalue weighted by Gasteiger charge is 2.71. The third-order valence-corrected chi connectivity index (χ3v) is 19.9. The molecule has 430 valence electrons. The maximum absolute atomic E-state index is 12.3. The molecule has 0 aromatic rings. The van der Waals surface area contributed by atoms with Crippen LogP contribution >= 0.6 is 0 Å². The van der Waals surface area contributed by atoms with Crippen LogP contribution < -0.4 is 0 Å². The SMILES string of the molecule is C[C@@H]1O[C@@H](O[C@H]2[C@H](O[C@H]3CC[C@@]4(C)C(=C[C@@H](O)[C@H]5[C@@H]6C[C@@H]7O[C@]8(CC[C@@](C)(CO[C@@H]9O[C@H](CO)[C@@H](O)[C@H](O)[C@H]9O)O8)[C@@H](C)[C@@H]7[C@@]6(C)CC[C@@H]54)C3)O[C@H](CO)[C@H](O)[C@@H]2O[C@@H]2O[C@H](CO)[C@@H](O)[C@H](O)[C@H]2O)[C@H](O)[C@H](O)[C@H]1O. The standard InChI is InChI=1S/C51H82O24/c1-19-31-26(74-51(19)11-10-48(3,75-51)18-66-44-39(63)37(61)33(57)27(15-52)69-44)14-24-30-23(7-9-50(24,31)5)49(4)8-6-22(12-21(49)13-25(30)55)68-47-43(73-45-40(64)36(60)32(56)20(2)67-45)42(35(59)29(17-54)71-47)72-46-41(65)38(62)34(58)28(16-53)70-46/h13,19-20,22-47,52-65H,6-12,14-18H2,1-5H3/t19-,20-,22-,23-,24-,25+,26-,27+,28+,29+,30+,31-,32-,33+,34+,35-,36+,37-,38-,39+,40+,41+,42-,43+,44+,45-,46-,47+,48-,49-,50-,51-/m0/s1. The molecule has 24 nitrogen and oxygen atoms in total. The summed E-state index contributed by atoms with van der Waals surface area (Å²) in [6, 6.07) is 0. The predicted molar refractivity (Wildman–Crippen MR) is 250 cm³/mol. The van der Waals surface area contributed by atoms with Gasteiger partial charge >= 0.3 is 0 Å². The predicted octanol–water partition coefficient (Wildman–Crippen LogP) is -3.88. The molecule has 10 aliphatic rings. The second-order valence-electron chi connectivity index (χ2n) is 24.3. The van der Waals surface area contributed by atoms with E-state index in [2.05, 4.69) is 20.8 Å². The molecule has 24 heteroatoms. The van der Waals surface area contributed by atoms with Crippen LogP contribution in [-0.2, 0) is 47.4 Å². The lowest BCUT2D eigenvalue weighted by Crippen LogP contribution is -2.67. The van der Waals surface area contributed by atoms with Crippen molar-refractivity contribution in [1.82, 2.24) is 0 Å². The zero-order valence-electron chi connectivity index (χ0n) is 43.1. The molecule has 4 aliphatic carbocycles. The first kappa shape index (κ1) is 57.0. The minimum atomic E-state index is -1.90. The van der Waals surface area contributed by atoms with Gasteiger partial charge in [-0.2, -0.15) is 0 Å². The summed E-state index contributed by atoms with van der Waals surface area (Å²) in [5.74, 6) is -0.615. The van der Waals surface area contributed by atoms with Gasteiger partial charge in [-0.1, -0.05) is 32.4 Å². The summed E-state index contributed by atoms with van der Waals surface area (Å²) in [7, 11) is 0. The van der Waals surface area contributed by atoms with Crippen molar-refractivity contribution in [2.75, 3.05) is 26.4 Å². The molecule has 9 fully saturated rings. The van der Waals surface area contributed by atoms with Gasteiger partial charge < -0.3 is 119 Å². The van der Waals surface area contributed by atoms with E-state index in [0.29, 0.717) is 32.1 Å². The van der Waals surface area contributed by atoms with Crippen LogP contribution in [-0.4, -0.2) is 250 Å². The van der Waals surface area contributed by atoms with E-state index in [1.807, 2.05) is 13.0 Å². The van der Waals surface area contributed by atoms with E-state index in [4.69, 9.17) is 47.4 Å².